The van der Waals surface area contributed by atoms with Crippen molar-refractivity contribution in [2.24, 2.45) is 11.8 Å². The lowest BCUT2D eigenvalue weighted by atomic mass is 10.1. The second-order valence-electron chi connectivity index (χ2n) is 7.35. The highest BCUT2D eigenvalue weighted by molar-refractivity contribution is 5.78. The van der Waals surface area contributed by atoms with Gasteiger partial charge >= 0.3 is 0 Å². The number of morpholine rings is 2. The fraction of sp³-hybridized carbons (Fsp3) is 0.905. The molecule has 0 N–H and O–H groups in total. The zero-order valence-electron chi connectivity index (χ0n) is 19.5. The van der Waals surface area contributed by atoms with Gasteiger partial charge < -0.3 is 19.3 Å². The average Bonchev–Trinajstić information content (AvgIpc) is 2.69. The Balaban J connectivity index is 0. The van der Waals surface area contributed by atoms with Gasteiger partial charge in [-0.15, -0.1) is 0 Å². The largest absolute Gasteiger partial charge is 0.378 e. The number of halogens is 2. The maximum absolute atomic E-state index is 11.7. The third-order valence-corrected chi connectivity index (χ3v) is 4.04. The Hall–Kier alpha value is -1.28. The van der Waals surface area contributed by atoms with Crippen molar-refractivity contribution in [1.29, 1.82) is 0 Å². The van der Waals surface area contributed by atoms with Crippen LogP contribution in [0.1, 0.15) is 55.4 Å². The minimum atomic E-state index is -1.75. The number of hydrogen-bond acceptors (Lipinski definition) is 4. The van der Waals surface area contributed by atoms with Crippen LogP contribution in [0.2, 0.25) is 0 Å². The molecular formula is C21H42F2N2O4. The molecule has 2 rings (SSSR count). The third kappa shape index (κ3) is 13.5. The average molecular weight is 425 g/mol. The van der Waals surface area contributed by atoms with Crippen molar-refractivity contribution in [3.63, 3.8) is 0 Å². The third-order valence-electron chi connectivity index (χ3n) is 4.04. The number of ether oxygens (including phenoxy) is 2. The van der Waals surface area contributed by atoms with E-state index in [1.54, 1.807) is 0 Å². The molecule has 8 heteroatoms. The molecule has 0 aromatic rings. The van der Waals surface area contributed by atoms with Crippen LogP contribution in [-0.2, 0) is 19.1 Å². The van der Waals surface area contributed by atoms with E-state index < -0.39 is 6.93 Å². The molecule has 2 heterocycles. The molecule has 2 amide bonds. The monoisotopic (exact) mass is 424 g/mol. The Morgan fingerprint density at radius 1 is 0.862 bits per heavy atom. The summed E-state index contributed by atoms with van der Waals surface area (Å²) in [6.07, 6.45) is 0.345. The van der Waals surface area contributed by atoms with Gasteiger partial charge in [-0.25, -0.2) is 8.78 Å². The van der Waals surface area contributed by atoms with Gasteiger partial charge in [0.15, 0.2) is 0 Å². The number of carbonyl (C=O) groups excluding carboxylic acids is 2. The first-order valence-corrected chi connectivity index (χ1v) is 10.6. The summed E-state index contributed by atoms with van der Waals surface area (Å²) < 4.78 is 29.9. The Morgan fingerprint density at radius 2 is 1.21 bits per heavy atom. The van der Waals surface area contributed by atoms with Gasteiger partial charge in [0.25, 0.3) is 0 Å². The molecule has 0 bridgehead atoms. The van der Waals surface area contributed by atoms with Gasteiger partial charge in [0.2, 0.25) is 18.7 Å². The summed E-state index contributed by atoms with van der Waals surface area (Å²) in [5.41, 5.74) is 0. The number of hydrogen-bond donors (Lipinski definition) is 0. The maximum atomic E-state index is 11.7. The highest BCUT2D eigenvalue weighted by atomic mass is 19.3. The summed E-state index contributed by atoms with van der Waals surface area (Å²) in [7, 11) is 0. The zero-order valence-corrected chi connectivity index (χ0v) is 19.5. The first kappa shape index (κ1) is 29.9. The predicted molar refractivity (Wildman–Crippen MR) is 112 cm³/mol. The van der Waals surface area contributed by atoms with E-state index in [1.165, 1.54) is 0 Å². The number of rotatable bonds is 2. The molecule has 6 nitrogen and oxygen atoms in total. The minimum Gasteiger partial charge on any atom is -0.378 e. The quantitative estimate of drug-likeness (QED) is 0.678. The van der Waals surface area contributed by atoms with Gasteiger partial charge in [-0.3, -0.25) is 9.59 Å². The highest BCUT2D eigenvalue weighted by Crippen LogP contribution is 2.13. The first-order valence-electron chi connectivity index (χ1n) is 10.6. The van der Waals surface area contributed by atoms with Crippen molar-refractivity contribution in [3.05, 3.63) is 0 Å². The lowest BCUT2D eigenvalue weighted by Crippen LogP contribution is -2.49. The molecule has 0 aromatic carbocycles. The van der Waals surface area contributed by atoms with Crippen LogP contribution in [-0.4, -0.2) is 80.1 Å². The van der Waals surface area contributed by atoms with Crippen molar-refractivity contribution in [1.82, 2.24) is 9.80 Å². The van der Waals surface area contributed by atoms with Crippen molar-refractivity contribution < 1.29 is 27.8 Å². The highest BCUT2D eigenvalue weighted by Gasteiger charge is 2.26. The summed E-state index contributed by atoms with van der Waals surface area (Å²) in [6.45, 7) is 18.4. The van der Waals surface area contributed by atoms with E-state index in [1.807, 2.05) is 65.2 Å². The van der Waals surface area contributed by atoms with E-state index in [0.717, 1.165) is 26.2 Å². The summed E-state index contributed by atoms with van der Waals surface area (Å²) in [6, 6.07) is 0. The fourth-order valence-electron chi connectivity index (χ4n) is 2.87. The summed E-state index contributed by atoms with van der Waals surface area (Å²) in [5.74, 6) is 0.695. The zero-order chi connectivity index (χ0) is 23.0. The van der Waals surface area contributed by atoms with Crippen LogP contribution in [0.25, 0.3) is 0 Å². The molecule has 2 aliphatic rings. The Labute approximate surface area is 175 Å². The van der Waals surface area contributed by atoms with Crippen molar-refractivity contribution in [3.8, 4) is 0 Å². The van der Waals surface area contributed by atoms with E-state index in [-0.39, 0.29) is 35.9 Å². The van der Waals surface area contributed by atoms with Gasteiger partial charge in [-0.05, 0) is 13.8 Å². The molecule has 2 aliphatic heterocycles. The van der Waals surface area contributed by atoms with Crippen molar-refractivity contribution >= 4 is 11.8 Å². The lowest BCUT2D eigenvalue weighted by molar-refractivity contribution is -0.146. The summed E-state index contributed by atoms with van der Waals surface area (Å²) in [4.78, 5) is 26.8. The Kier molecular flexibility index (Phi) is 18.1. The first-order chi connectivity index (χ1) is 13.6. The molecule has 29 heavy (non-hydrogen) atoms. The Bertz CT molecular complexity index is 421. The van der Waals surface area contributed by atoms with E-state index in [2.05, 4.69) is 0 Å². The van der Waals surface area contributed by atoms with Crippen LogP contribution in [0, 0.1) is 11.8 Å². The van der Waals surface area contributed by atoms with Gasteiger partial charge in [0.1, 0.15) is 0 Å². The molecule has 0 saturated carbocycles. The van der Waals surface area contributed by atoms with Crippen LogP contribution >= 0.6 is 0 Å². The van der Waals surface area contributed by atoms with Crippen LogP contribution in [0.5, 0.6) is 0 Å². The molecule has 174 valence electrons. The number of alkyl halides is 2. The molecule has 0 radical (unpaired) electrons. The Morgan fingerprint density at radius 3 is 1.55 bits per heavy atom. The van der Waals surface area contributed by atoms with Crippen molar-refractivity contribution in [2.45, 2.75) is 67.6 Å². The molecule has 2 fully saturated rings. The van der Waals surface area contributed by atoms with E-state index in [0.29, 0.717) is 13.2 Å². The van der Waals surface area contributed by atoms with Crippen LogP contribution in [0.4, 0.5) is 8.78 Å². The van der Waals surface area contributed by atoms with Crippen molar-refractivity contribution in [2.75, 3.05) is 46.3 Å². The van der Waals surface area contributed by atoms with E-state index in [4.69, 9.17) is 9.47 Å². The van der Waals surface area contributed by atoms with Gasteiger partial charge in [0, 0.05) is 38.0 Å². The summed E-state index contributed by atoms with van der Waals surface area (Å²) >= 11 is 0. The standard InChI is InChI=1S/C10H19NO2.C8H15NO2.C2H6.CH2F2/c1-7(2)10(12)11-5-8(3)13-9(4)6-11;1-7(2)8(10)9-3-5-11-6-4-9;1-2;2-1-3/h7-9H,5-6H2,1-4H3;7H,3-6H2,1-2H3;1-2H3;1H2. The molecule has 0 aromatic heterocycles. The van der Waals surface area contributed by atoms with Gasteiger partial charge in [-0.2, -0.15) is 0 Å². The SMILES string of the molecule is CC.CC(C)C(=O)N1CCOCC1.CC1CN(C(=O)C(C)C)CC(C)O1.FCF. The lowest BCUT2D eigenvalue weighted by Gasteiger charge is -2.36. The second kappa shape index (κ2) is 17.6. The second-order valence-corrected chi connectivity index (χ2v) is 7.35. The van der Waals surface area contributed by atoms with Gasteiger partial charge in [-0.1, -0.05) is 41.5 Å². The fourth-order valence-corrected chi connectivity index (χ4v) is 2.87. The van der Waals surface area contributed by atoms with Gasteiger partial charge in [0.05, 0.1) is 25.4 Å². The summed E-state index contributed by atoms with van der Waals surface area (Å²) in [5, 5.41) is 0. The van der Waals surface area contributed by atoms with E-state index in [9.17, 15) is 18.4 Å². The number of carbonyl (C=O) groups is 2. The molecular weight excluding hydrogens is 382 g/mol. The number of nitrogens with zero attached hydrogens (tertiary/aromatic N) is 2. The smallest absolute Gasteiger partial charge is 0.229 e. The number of amides is 2. The molecule has 2 saturated heterocycles. The van der Waals surface area contributed by atoms with Crippen LogP contribution < -0.4 is 0 Å². The molecule has 2 atom stereocenters. The topological polar surface area (TPSA) is 59.1 Å². The van der Waals surface area contributed by atoms with Crippen LogP contribution in [0.15, 0.2) is 0 Å². The molecule has 0 spiro atoms. The minimum absolute atomic E-state index is 0.0949. The van der Waals surface area contributed by atoms with Crippen LogP contribution in [0.3, 0.4) is 0 Å². The predicted octanol–water partition coefficient (Wildman–Crippen LogP) is 3.69. The maximum Gasteiger partial charge on any atom is 0.229 e. The van der Waals surface area contributed by atoms with E-state index >= 15 is 0 Å². The normalized spacial score (nSPS) is 21.2. The molecule has 2 unspecified atom stereocenters. The molecule has 0 aliphatic carbocycles.